The van der Waals surface area contributed by atoms with E-state index in [1.54, 1.807) is 12.4 Å². The maximum Gasteiger partial charge on any atom is -0.00679 e. The van der Waals surface area contributed by atoms with Gasteiger partial charge in [-0.2, -0.15) is 0 Å². The van der Waals surface area contributed by atoms with Crippen LogP contribution in [0, 0.1) is 0 Å². The first kappa shape index (κ1) is 15.7. The molecule has 0 bridgehead atoms. The van der Waals surface area contributed by atoms with Gasteiger partial charge in [0.2, 0.25) is 0 Å². The third-order valence-corrected chi connectivity index (χ3v) is 0.236. The average molecular weight is 129 g/mol. The van der Waals surface area contributed by atoms with E-state index < -0.39 is 0 Å². The standard InChI is InChI=1S/C4H7N.2C2H6/c1-3-5-4-2;2*1-2/h3-5H,1-2H2;2*1-2H3. The highest BCUT2D eigenvalue weighted by Gasteiger charge is 1.43. The van der Waals surface area contributed by atoms with Crippen molar-refractivity contribution in [1.82, 2.24) is 5.32 Å². The van der Waals surface area contributed by atoms with Gasteiger partial charge in [-0.1, -0.05) is 40.9 Å². The van der Waals surface area contributed by atoms with Gasteiger partial charge in [0.25, 0.3) is 0 Å². The van der Waals surface area contributed by atoms with Crippen LogP contribution in [-0.2, 0) is 0 Å². The maximum atomic E-state index is 3.37. The number of nitrogens with one attached hydrogen (secondary N) is 1. The molecule has 0 heterocycles. The van der Waals surface area contributed by atoms with Crippen molar-refractivity contribution < 1.29 is 0 Å². The van der Waals surface area contributed by atoms with Crippen molar-refractivity contribution in [3.05, 3.63) is 25.6 Å². The second-order valence-electron chi connectivity index (χ2n) is 0.575. The summed E-state index contributed by atoms with van der Waals surface area (Å²) in [6, 6.07) is 0. The summed E-state index contributed by atoms with van der Waals surface area (Å²) >= 11 is 0. The lowest BCUT2D eigenvalue weighted by Crippen LogP contribution is -1.85. The Morgan fingerprint density at radius 3 is 1.11 bits per heavy atom. The molecule has 0 amide bonds. The minimum Gasteiger partial charge on any atom is -0.369 e. The predicted molar refractivity (Wildman–Crippen MR) is 46.2 cm³/mol. The number of rotatable bonds is 2. The second kappa shape index (κ2) is 55.2. The summed E-state index contributed by atoms with van der Waals surface area (Å²) in [7, 11) is 0. The van der Waals surface area contributed by atoms with E-state index >= 15 is 0 Å². The molecular formula is C8H19N. The van der Waals surface area contributed by atoms with Gasteiger partial charge in [-0.15, -0.1) is 0 Å². The highest BCUT2D eigenvalue weighted by molar-refractivity contribution is 4.72. The molecule has 0 radical (unpaired) electrons. The topological polar surface area (TPSA) is 12.0 Å². The molecule has 1 N–H and O–H groups in total. The van der Waals surface area contributed by atoms with E-state index in [4.69, 9.17) is 0 Å². The molecule has 0 rings (SSSR count). The Hall–Kier alpha value is -0.720. The average Bonchev–Trinajstić information content (AvgIpc) is 1.98. The summed E-state index contributed by atoms with van der Waals surface area (Å²) < 4.78 is 0. The van der Waals surface area contributed by atoms with Crippen LogP contribution < -0.4 is 5.32 Å². The fraction of sp³-hybridized carbons (Fsp3) is 0.500. The summed E-state index contributed by atoms with van der Waals surface area (Å²) in [6.07, 6.45) is 3.12. The molecule has 56 valence electrons. The Morgan fingerprint density at radius 1 is 0.889 bits per heavy atom. The third-order valence-electron chi connectivity index (χ3n) is 0.236. The first-order valence-corrected chi connectivity index (χ1v) is 3.39. The van der Waals surface area contributed by atoms with Crippen molar-refractivity contribution in [3.63, 3.8) is 0 Å². The zero-order valence-electron chi connectivity index (χ0n) is 7.07. The van der Waals surface area contributed by atoms with Gasteiger partial charge in [-0.25, -0.2) is 0 Å². The SMILES string of the molecule is C=CNC=C.CC.CC. The molecule has 0 aliphatic carbocycles. The van der Waals surface area contributed by atoms with Gasteiger partial charge in [-0.05, 0) is 12.4 Å². The summed E-state index contributed by atoms with van der Waals surface area (Å²) in [6.45, 7) is 14.7. The maximum absolute atomic E-state index is 3.37. The fourth-order valence-corrected chi connectivity index (χ4v) is 0.0833. The molecule has 0 aliphatic heterocycles. The van der Waals surface area contributed by atoms with Gasteiger partial charge in [-0.3, -0.25) is 0 Å². The van der Waals surface area contributed by atoms with Gasteiger partial charge in [0.15, 0.2) is 0 Å². The Labute approximate surface area is 59.5 Å². The number of hydrogen-bond donors (Lipinski definition) is 1. The van der Waals surface area contributed by atoms with Crippen LogP contribution in [0.4, 0.5) is 0 Å². The zero-order valence-corrected chi connectivity index (χ0v) is 7.07. The van der Waals surface area contributed by atoms with Crippen LogP contribution in [0.5, 0.6) is 0 Å². The molecule has 1 heteroatoms. The lowest BCUT2D eigenvalue weighted by atomic mass is 10.9. The Kier molecular flexibility index (Phi) is 96.6. The first-order chi connectivity index (χ1) is 4.41. The van der Waals surface area contributed by atoms with Crippen molar-refractivity contribution in [2.75, 3.05) is 0 Å². The van der Waals surface area contributed by atoms with Gasteiger partial charge in [0.1, 0.15) is 0 Å². The zero-order chi connectivity index (χ0) is 8.12. The van der Waals surface area contributed by atoms with Crippen LogP contribution in [0.15, 0.2) is 25.6 Å². The van der Waals surface area contributed by atoms with Crippen molar-refractivity contribution in [1.29, 1.82) is 0 Å². The summed E-state index contributed by atoms with van der Waals surface area (Å²) in [5.74, 6) is 0. The van der Waals surface area contributed by atoms with Crippen LogP contribution in [0.25, 0.3) is 0 Å². The minimum atomic E-state index is 1.56. The first-order valence-electron chi connectivity index (χ1n) is 3.39. The highest BCUT2D eigenvalue weighted by atomic mass is 14.8. The highest BCUT2D eigenvalue weighted by Crippen LogP contribution is 1.46. The molecule has 0 aromatic heterocycles. The largest absolute Gasteiger partial charge is 0.369 e. The normalized spacial score (nSPS) is 4.44. The summed E-state index contributed by atoms with van der Waals surface area (Å²) in [5.41, 5.74) is 0. The van der Waals surface area contributed by atoms with Gasteiger partial charge >= 0.3 is 0 Å². The molecule has 0 spiro atoms. The lowest BCUT2D eigenvalue weighted by molar-refractivity contribution is 1.21. The van der Waals surface area contributed by atoms with Crippen LogP contribution >= 0.6 is 0 Å². The van der Waals surface area contributed by atoms with Crippen molar-refractivity contribution in [2.45, 2.75) is 27.7 Å². The second-order valence-corrected chi connectivity index (χ2v) is 0.575. The molecule has 0 aliphatic rings. The summed E-state index contributed by atoms with van der Waals surface area (Å²) in [4.78, 5) is 0. The molecule has 0 fully saturated rings. The van der Waals surface area contributed by atoms with Crippen LogP contribution in [0.3, 0.4) is 0 Å². The summed E-state index contributed by atoms with van der Waals surface area (Å²) in [5, 5.41) is 2.64. The van der Waals surface area contributed by atoms with Gasteiger partial charge in [0, 0.05) is 0 Å². The minimum absolute atomic E-state index is 1.56. The molecule has 9 heavy (non-hydrogen) atoms. The molecular weight excluding hydrogens is 110 g/mol. The molecule has 0 aromatic carbocycles. The molecule has 1 nitrogen and oxygen atoms in total. The van der Waals surface area contributed by atoms with E-state index in [2.05, 4.69) is 18.5 Å². The fourth-order valence-electron chi connectivity index (χ4n) is 0.0833. The van der Waals surface area contributed by atoms with Crippen molar-refractivity contribution >= 4 is 0 Å². The van der Waals surface area contributed by atoms with Crippen LogP contribution in [-0.4, -0.2) is 0 Å². The van der Waals surface area contributed by atoms with E-state index in [0.29, 0.717) is 0 Å². The van der Waals surface area contributed by atoms with E-state index in [-0.39, 0.29) is 0 Å². The monoisotopic (exact) mass is 129 g/mol. The number of hydrogen-bond acceptors (Lipinski definition) is 1. The van der Waals surface area contributed by atoms with Crippen molar-refractivity contribution in [2.24, 2.45) is 0 Å². The van der Waals surface area contributed by atoms with E-state index in [9.17, 15) is 0 Å². The Balaban J connectivity index is -0.0000000771. The lowest BCUT2D eigenvalue weighted by Gasteiger charge is -1.75. The molecule has 0 saturated carbocycles. The smallest absolute Gasteiger partial charge is 0.00679 e. The molecule has 0 unspecified atom stereocenters. The van der Waals surface area contributed by atoms with Gasteiger partial charge < -0.3 is 5.32 Å². The Bertz CT molecular complexity index is 33.8. The predicted octanol–water partition coefficient (Wildman–Crippen LogP) is 2.92. The van der Waals surface area contributed by atoms with Gasteiger partial charge in [0.05, 0.1) is 0 Å². The van der Waals surface area contributed by atoms with Crippen LogP contribution in [0.2, 0.25) is 0 Å². The Morgan fingerprint density at radius 2 is 1.11 bits per heavy atom. The van der Waals surface area contributed by atoms with Crippen LogP contribution in [0.1, 0.15) is 27.7 Å². The third kappa shape index (κ3) is 124. The molecule has 0 saturated heterocycles. The van der Waals surface area contributed by atoms with E-state index in [0.717, 1.165) is 0 Å². The quantitative estimate of drug-likeness (QED) is 0.604. The van der Waals surface area contributed by atoms with E-state index in [1.165, 1.54) is 0 Å². The van der Waals surface area contributed by atoms with Crippen molar-refractivity contribution in [3.8, 4) is 0 Å². The molecule has 0 aromatic rings. The van der Waals surface area contributed by atoms with E-state index in [1.807, 2.05) is 27.7 Å². The molecule has 0 atom stereocenters.